The molecule has 0 aliphatic heterocycles. The Labute approximate surface area is 406 Å². The largest absolute Gasteiger partial charge is 0.497 e. The van der Waals surface area contributed by atoms with Gasteiger partial charge in [-0.2, -0.15) is 0 Å². The molecule has 6 N–H and O–H groups in total. The summed E-state index contributed by atoms with van der Waals surface area (Å²) in [5.41, 5.74) is 25.9. The smallest absolute Gasteiger partial charge is 0.326 e. The summed E-state index contributed by atoms with van der Waals surface area (Å²) in [4.78, 5) is 31.1. The molecule has 6 rings (SSSR count). The van der Waals surface area contributed by atoms with E-state index in [1.54, 1.807) is 24.0 Å². The molecule has 4 amide bonds. The first kappa shape index (κ1) is 52.0. The van der Waals surface area contributed by atoms with E-state index in [2.05, 4.69) is 104 Å². The highest BCUT2D eigenvalue weighted by molar-refractivity contribution is 6.04. The molecule has 0 bridgehead atoms. The van der Waals surface area contributed by atoms with Crippen LogP contribution in [-0.2, 0) is 25.9 Å². The van der Waals surface area contributed by atoms with Crippen molar-refractivity contribution >= 4 is 46.2 Å². The summed E-state index contributed by atoms with van der Waals surface area (Å²) in [6, 6.07) is 39.5. The lowest BCUT2D eigenvalue weighted by atomic mass is 9.91. The average Bonchev–Trinajstić information content (AvgIpc) is 3.33. The standard InChI is InChI=1S/C30H39N3O2.C28H35N3O2/c1-19(2)23-10-12-24(13-11-23)33(18-22-8-14-25(35-7)15-9-22)30(34)32-29-26(20(3)4)16-17-27(31)28(29)21(5)6;1-6-21-12-17-26(29)25(7-2)27(21)30-28(32)31(18-20-8-15-24(33-5)16-9-20)23-13-10-22(11-14-23)19(3)4/h8-17,19-21H,18,31H2,1-7H3,(H,32,34);8-17,19H,6-7,18,29H2,1-5H3,(H,30,32). The average molecular weight is 919 g/mol. The van der Waals surface area contributed by atoms with Crippen LogP contribution in [0.4, 0.5) is 43.7 Å². The Kier molecular flexibility index (Phi) is 18.5. The van der Waals surface area contributed by atoms with Crippen LogP contribution in [0.5, 0.6) is 11.5 Å². The van der Waals surface area contributed by atoms with Crippen LogP contribution >= 0.6 is 0 Å². The number of methoxy groups -OCH3 is 2. The number of amides is 4. The molecule has 0 radical (unpaired) electrons. The highest BCUT2D eigenvalue weighted by Crippen LogP contribution is 2.37. The van der Waals surface area contributed by atoms with Crippen LogP contribution in [0.25, 0.3) is 0 Å². The maximum atomic E-state index is 13.9. The SMILES string of the molecule is CCc1ccc(N)c(CC)c1NC(=O)N(Cc1ccc(OC)cc1)c1ccc(C(C)C)cc1.COc1ccc(CN(C(=O)Nc2c(C(C)C)ccc(N)c2C(C)C)c2ccc(C(C)C)cc2)cc1. The second-order valence-corrected chi connectivity index (χ2v) is 18.4. The van der Waals surface area contributed by atoms with Gasteiger partial charge in [0.2, 0.25) is 0 Å². The van der Waals surface area contributed by atoms with Gasteiger partial charge < -0.3 is 31.6 Å². The van der Waals surface area contributed by atoms with Gasteiger partial charge in [-0.05, 0) is 136 Å². The van der Waals surface area contributed by atoms with Crippen LogP contribution in [0.1, 0.15) is 137 Å². The third-order valence-electron chi connectivity index (χ3n) is 12.4. The van der Waals surface area contributed by atoms with Crippen molar-refractivity contribution in [2.75, 3.05) is 46.1 Å². The number of hydrogen-bond acceptors (Lipinski definition) is 6. The zero-order chi connectivity index (χ0) is 49.7. The zero-order valence-electron chi connectivity index (χ0n) is 42.4. The first-order chi connectivity index (χ1) is 32.5. The summed E-state index contributed by atoms with van der Waals surface area (Å²) in [6.07, 6.45) is 1.56. The summed E-state index contributed by atoms with van der Waals surface area (Å²) < 4.78 is 10.6. The molecule has 0 aliphatic rings. The van der Waals surface area contributed by atoms with Crippen LogP contribution in [0.3, 0.4) is 0 Å². The van der Waals surface area contributed by atoms with E-state index in [1.807, 2.05) is 97.1 Å². The van der Waals surface area contributed by atoms with Crippen LogP contribution in [0.2, 0.25) is 0 Å². The normalized spacial score (nSPS) is 11.1. The topological polar surface area (TPSA) is 135 Å². The van der Waals surface area contributed by atoms with Crippen molar-refractivity contribution in [1.82, 2.24) is 0 Å². The zero-order valence-corrected chi connectivity index (χ0v) is 42.4. The molecule has 360 valence electrons. The molecule has 0 aromatic heterocycles. The molecule has 0 fully saturated rings. The number of carbonyl (C=O) groups excluding carboxylic acids is 2. The van der Waals surface area contributed by atoms with Crippen LogP contribution in [0.15, 0.2) is 121 Å². The Hall–Kier alpha value is -6.94. The molecule has 0 saturated carbocycles. The van der Waals surface area contributed by atoms with Gasteiger partial charge in [0.05, 0.1) is 38.7 Å². The number of aryl methyl sites for hydroxylation is 1. The fraction of sp³-hybridized carbons (Fsp3) is 0.345. The number of nitrogens with zero attached hydrogens (tertiary/aromatic N) is 2. The van der Waals surface area contributed by atoms with E-state index in [-0.39, 0.29) is 23.9 Å². The monoisotopic (exact) mass is 919 g/mol. The number of nitrogen functional groups attached to an aromatic ring is 2. The number of nitrogens with two attached hydrogens (primary N) is 2. The lowest BCUT2D eigenvalue weighted by molar-refractivity contribution is 0.256. The quantitative estimate of drug-likeness (QED) is 0.0714. The number of ether oxygens (including phenoxy) is 2. The van der Waals surface area contributed by atoms with Gasteiger partial charge >= 0.3 is 12.1 Å². The third-order valence-corrected chi connectivity index (χ3v) is 12.4. The number of benzene rings is 6. The Balaban J connectivity index is 0.000000255. The van der Waals surface area contributed by atoms with Gasteiger partial charge in [-0.3, -0.25) is 9.80 Å². The highest BCUT2D eigenvalue weighted by Gasteiger charge is 2.24. The van der Waals surface area contributed by atoms with Gasteiger partial charge in [0.1, 0.15) is 11.5 Å². The summed E-state index contributed by atoms with van der Waals surface area (Å²) in [6.45, 7) is 22.1. The van der Waals surface area contributed by atoms with Crippen molar-refractivity contribution in [3.05, 3.63) is 166 Å². The summed E-state index contributed by atoms with van der Waals surface area (Å²) in [5, 5.41) is 6.43. The summed E-state index contributed by atoms with van der Waals surface area (Å²) >= 11 is 0. The fourth-order valence-electron chi connectivity index (χ4n) is 8.25. The second kappa shape index (κ2) is 24.2. The van der Waals surface area contributed by atoms with Crippen molar-refractivity contribution in [2.24, 2.45) is 0 Å². The van der Waals surface area contributed by atoms with E-state index in [1.165, 1.54) is 11.1 Å². The van der Waals surface area contributed by atoms with Crippen LogP contribution < -0.4 is 41.4 Å². The molecule has 6 aromatic carbocycles. The number of hydrogen-bond donors (Lipinski definition) is 4. The minimum atomic E-state index is -0.187. The molecule has 68 heavy (non-hydrogen) atoms. The van der Waals surface area contributed by atoms with Gasteiger partial charge in [0, 0.05) is 28.3 Å². The van der Waals surface area contributed by atoms with Crippen molar-refractivity contribution in [3.8, 4) is 11.5 Å². The number of rotatable bonds is 16. The molecule has 10 nitrogen and oxygen atoms in total. The minimum Gasteiger partial charge on any atom is -0.497 e. The molecule has 10 heteroatoms. The van der Waals surface area contributed by atoms with Crippen molar-refractivity contribution in [3.63, 3.8) is 0 Å². The number of carbonyl (C=O) groups is 2. The van der Waals surface area contributed by atoms with Crippen molar-refractivity contribution < 1.29 is 19.1 Å². The van der Waals surface area contributed by atoms with E-state index in [4.69, 9.17) is 20.9 Å². The predicted molar refractivity (Wildman–Crippen MR) is 286 cm³/mol. The van der Waals surface area contributed by atoms with Crippen molar-refractivity contribution in [2.45, 2.75) is 119 Å². The summed E-state index contributed by atoms with van der Waals surface area (Å²) in [5.74, 6) is 2.83. The van der Waals surface area contributed by atoms with Crippen molar-refractivity contribution in [1.29, 1.82) is 0 Å². The van der Waals surface area contributed by atoms with Gasteiger partial charge in [0.15, 0.2) is 0 Å². The maximum absolute atomic E-state index is 13.9. The molecule has 0 aliphatic carbocycles. The lowest BCUT2D eigenvalue weighted by Gasteiger charge is -2.27. The second-order valence-electron chi connectivity index (χ2n) is 18.4. The minimum absolute atomic E-state index is 0.171. The molecular formula is C58H74N6O4. The molecule has 6 aromatic rings. The van der Waals surface area contributed by atoms with Crippen LogP contribution in [-0.4, -0.2) is 26.3 Å². The summed E-state index contributed by atoms with van der Waals surface area (Å²) in [7, 11) is 3.29. The maximum Gasteiger partial charge on any atom is 0.326 e. The fourth-order valence-corrected chi connectivity index (χ4v) is 8.25. The van der Waals surface area contributed by atoms with Gasteiger partial charge in [-0.25, -0.2) is 9.59 Å². The van der Waals surface area contributed by atoms with E-state index < -0.39 is 0 Å². The first-order valence-electron chi connectivity index (χ1n) is 23.9. The molecule has 0 heterocycles. The Morgan fingerprint density at radius 1 is 0.500 bits per heavy atom. The number of urea groups is 2. The van der Waals surface area contributed by atoms with Gasteiger partial charge in [0.25, 0.3) is 0 Å². The molecule has 0 atom stereocenters. The first-order valence-corrected chi connectivity index (χ1v) is 23.9. The Morgan fingerprint density at radius 2 is 0.926 bits per heavy atom. The number of nitrogens with one attached hydrogen (secondary N) is 2. The lowest BCUT2D eigenvalue weighted by Crippen LogP contribution is -2.35. The van der Waals surface area contributed by atoms with E-state index in [0.717, 1.165) is 80.5 Å². The van der Waals surface area contributed by atoms with E-state index in [9.17, 15) is 9.59 Å². The highest BCUT2D eigenvalue weighted by atomic mass is 16.5. The number of anilines is 6. The van der Waals surface area contributed by atoms with E-state index >= 15 is 0 Å². The van der Waals surface area contributed by atoms with Gasteiger partial charge in [-0.1, -0.05) is 130 Å². The molecule has 0 spiro atoms. The molecular weight excluding hydrogens is 845 g/mol. The third kappa shape index (κ3) is 13.1. The predicted octanol–water partition coefficient (Wildman–Crippen LogP) is 14.7. The molecule has 0 saturated heterocycles. The van der Waals surface area contributed by atoms with E-state index in [0.29, 0.717) is 36.3 Å². The van der Waals surface area contributed by atoms with Crippen LogP contribution in [0, 0.1) is 0 Å². The van der Waals surface area contributed by atoms with Gasteiger partial charge in [-0.15, -0.1) is 0 Å². The Morgan fingerprint density at radius 3 is 1.29 bits per heavy atom. The molecule has 0 unspecified atom stereocenters. The Bertz CT molecular complexity index is 2570.